The SMILES string of the molecule is CC(C)C(NC(=O)C(=O)Nc1ccccc1C(C)(C)C)C(=O)NC(C=O)CCC(=O)NS(C)=O. The summed E-state index contributed by atoms with van der Waals surface area (Å²) in [5.74, 6) is -3.50. The van der Waals surface area contributed by atoms with Crippen LogP contribution in [-0.2, 0) is 40.4 Å². The molecule has 0 saturated carbocycles. The topological polar surface area (TPSA) is 151 Å². The Kier molecular flexibility index (Phi) is 11.0. The lowest BCUT2D eigenvalue weighted by atomic mass is 9.86. The molecule has 0 bridgehead atoms. The van der Waals surface area contributed by atoms with Gasteiger partial charge < -0.3 is 20.7 Å². The van der Waals surface area contributed by atoms with E-state index in [1.807, 2.05) is 32.9 Å². The first-order chi connectivity index (χ1) is 15.8. The molecular weight excluding hydrogens is 460 g/mol. The standard InChI is InChI=1S/C23H34N4O6S/c1-14(2)19(20(30)24-15(13-28)11-12-18(29)27-34(6)33)26-22(32)21(31)25-17-10-8-7-9-16(17)23(3,4)5/h7-10,13-15,19H,11-12H2,1-6H3,(H,24,30)(H,25,31)(H,26,32)(H,27,29). The molecule has 1 aromatic carbocycles. The summed E-state index contributed by atoms with van der Waals surface area (Å²) in [6.07, 6.45) is 1.63. The van der Waals surface area contributed by atoms with Crippen molar-refractivity contribution in [2.24, 2.45) is 5.92 Å². The van der Waals surface area contributed by atoms with Gasteiger partial charge >= 0.3 is 11.8 Å². The fourth-order valence-electron chi connectivity index (χ4n) is 3.11. The van der Waals surface area contributed by atoms with E-state index >= 15 is 0 Å². The number of amides is 4. The Labute approximate surface area is 202 Å². The monoisotopic (exact) mass is 494 g/mol. The Morgan fingerprint density at radius 2 is 1.65 bits per heavy atom. The van der Waals surface area contributed by atoms with E-state index in [4.69, 9.17) is 0 Å². The van der Waals surface area contributed by atoms with Crippen molar-refractivity contribution in [3.05, 3.63) is 29.8 Å². The van der Waals surface area contributed by atoms with Gasteiger partial charge in [-0.05, 0) is 29.4 Å². The summed E-state index contributed by atoms with van der Waals surface area (Å²) in [5.41, 5.74) is 1.07. The van der Waals surface area contributed by atoms with E-state index in [9.17, 15) is 28.2 Å². The first-order valence-electron chi connectivity index (χ1n) is 10.9. The summed E-state index contributed by atoms with van der Waals surface area (Å²) >= 11 is 0. The predicted molar refractivity (Wildman–Crippen MR) is 130 cm³/mol. The van der Waals surface area contributed by atoms with E-state index in [0.717, 1.165) is 5.56 Å². The number of rotatable bonds is 10. The Morgan fingerprint density at radius 1 is 1.03 bits per heavy atom. The first-order valence-corrected chi connectivity index (χ1v) is 12.4. The highest BCUT2D eigenvalue weighted by molar-refractivity contribution is 7.82. The highest BCUT2D eigenvalue weighted by Gasteiger charge is 2.29. The highest BCUT2D eigenvalue weighted by Crippen LogP contribution is 2.29. The van der Waals surface area contributed by atoms with Gasteiger partial charge in [0.2, 0.25) is 11.8 Å². The Bertz CT molecular complexity index is 942. The quantitative estimate of drug-likeness (QED) is 0.281. The molecule has 0 aliphatic heterocycles. The molecule has 0 spiro atoms. The molecule has 4 N–H and O–H groups in total. The van der Waals surface area contributed by atoms with Gasteiger partial charge in [-0.1, -0.05) is 52.8 Å². The lowest BCUT2D eigenvalue weighted by Gasteiger charge is -2.24. The molecule has 0 heterocycles. The number of nitrogens with one attached hydrogen (secondary N) is 4. The van der Waals surface area contributed by atoms with E-state index < -0.39 is 52.6 Å². The average Bonchev–Trinajstić information content (AvgIpc) is 2.73. The molecule has 0 aliphatic carbocycles. The maximum Gasteiger partial charge on any atom is 0.313 e. The van der Waals surface area contributed by atoms with Gasteiger partial charge in [0.15, 0.2) is 0 Å². The number of aldehydes is 1. The van der Waals surface area contributed by atoms with Crippen molar-refractivity contribution in [3.8, 4) is 0 Å². The van der Waals surface area contributed by atoms with E-state index in [1.165, 1.54) is 6.26 Å². The summed E-state index contributed by atoms with van der Waals surface area (Å²) in [5, 5.41) is 7.48. The molecule has 1 aromatic rings. The molecule has 3 unspecified atom stereocenters. The number of anilines is 1. The summed E-state index contributed by atoms with van der Waals surface area (Å²) in [4.78, 5) is 60.8. The molecule has 0 aromatic heterocycles. The van der Waals surface area contributed by atoms with Crippen LogP contribution in [-0.4, -0.2) is 52.5 Å². The summed E-state index contributed by atoms with van der Waals surface area (Å²) in [6, 6.07) is 5.05. The van der Waals surface area contributed by atoms with Crippen LogP contribution in [0.3, 0.4) is 0 Å². The van der Waals surface area contributed by atoms with Crippen molar-refractivity contribution in [2.75, 3.05) is 11.6 Å². The summed E-state index contributed by atoms with van der Waals surface area (Å²) in [7, 11) is -1.53. The van der Waals surface area contributed by atoms with Gasteiger partial charge in [0, 0.05) is 18.4 Å². The zero-order valence-corrected chi connectivity index (χ0v) is 21.2. The van der Waals surface area contributed by atoms with Crippen LogP contribution in [0.2, 0.25) is 0 Å². The van der Waals surface area contributed by atoms with Gasteiger partial charge in [-0.25, -0.2) is 4.21 Å². The van der Waals surface area contributed by atoms with Crippen LogP contribution in [0.5, 0.6) is 0 Å². The van der Waals surface area contributed by atoms with Gasteiger partial charge in [-0.15, -0.1) is 0 Å². The molecular formula is C23H34N4O6S. The second-order valence-corrected chi connectivity index (χ2v) is 10.3. The number of carbonyl (C=O) groups is 5. The molecule has 34 heavy (non-hydrogen) atoms. The van der Waals surface area contributed by atoms with Gasteiger partial charge in [0.1, 0.15) is 23.3 Å². The molecule has 1 rings (SSSR count). The van der Waals surface area contributed by atoms with Crippen LogP contribution in [0.4, 0.5) is 5.69 Å². The minimum atomic E-state index is -1.53. The van der Waals surface area contributed by atoms with Crippen LogP contribution in [0.15, 0.2) is 24.3 Å². The smallest absolute Gasteiger partial charge is 0.313 e. The molecule has 11 heteroatoms. The van der Waals surface area contributed by atoms with Gasteiger partial charge in [-0.3, -0.25) is 23.9 Å². The second kappa shape index (κ2) is 13.0. The third-order valence-corrected chi connectivity index (χ3v) is 5.37. The maximum atomic E-state index is 12.7. The van der Waals surface area contributed by atoms with Crippen molar-refractivity contribution >= 4 is 46.6 Å². The zero-order chi connectivity index (χ0) is 26.1. The number of hydrogen-bond acceptors (Lipinski definition) is 6. The van der Waals surface area contributed by atoms with E-state index in [2.05, 4.69) is 20.7 Å². The molecule has 0 saturated heterocycles. The fourth-order valence-corrected chi connectivity index (χ4v) is 3.53. The number of hydrogen-bond donors (Lipinski definition) is 4. The lowest BCUT2D eigenvalue weighted by Crippen LogP contribution is -2.54. The van der Waals surface area contributed by atoms with Crippen molar-refractivity contribution in [3.63, 3.8) is 0 Å². The largest absolute Gasteiger partial charge is 0.345 e. The van der Waals surface area contributed by atoms with Crippen LogP contribution < -0.4 is 20.7 Å². The Balaban J connectivity index is 2.82. The number of benzene rings is 1. The molecule has 188 valence electrons. The third-order valence-electron chi connectivity index (χ3n) is 4.86. The summed E-state index contributed by atoms with van der Waals surface area (Å²) < 4.78 is 13.2. The van der Waals surface area contributed by atoms with E-state index in [1.54, 1.807) is 26.0 Å². The fraction of sp³-hybridized carbons (Fsp3) is 0.522. The van der Waals surface area contributed by atoms with Gasteiger partial charge in [0.25, 0.3) is 0 Å². The minimum absolute atomic E-state index is 0.0128. The molecule has 0 aliphatic rings. The zero-order valence-electron chi connectivity index (χ0n) is 20.4. The first kappa shape index (κ1) is 29.0. The number of para-hydroxylation sites is 1. The van der Waals surface area contributed by atoms with Crippen LogP contribution in [0.1, 0.15) is 53.0 Å². The molecule has 0 radical (unpaired) electrons. The van der Waals surface area contributed by atoms with Crippen LogP contribution >= 0.6 is 0 Å². The minimum Gasteiger partial charge on any atom is -0.345 e. The molecule has 4 amide bonds. The average molecular weight is 495 g/mol. The van der Waals surface area contributed by atoms with Gasteiger partial charge in [-0.2, -0.15) is 0 Å². The highest BCUT2D eigenvalue weighted by atomic mass is 32.2. The normalized spacial score (nSPS) is 13.9. The summed E-state index contributed by atoms with van der Waals surface area (Å²) in [6.45, 7) is 9.29. The lowest BCUT2D eigenvalue weighted by molar-refractivity contribution is -0.138. The second-order valence-electron chi connectivity index (χ2n) is 9.21. The number of carbonyl (C=O) groups excluding carboxylic acids is 5. The third kappa shape index (κ3) is 9.42. The van der Waals surface area contributed by atoms with Crippen LogP contribution in [0.25, 0.3) is 0 Å². The Morgan fingerprint density at radius 3 is 2.18 bits per heavy atom. The molecule has 0 fully saturated rings. The molecule has 10 nitrogen and oxygen atoms in total. The predicted octanol–water partition coefficient (Wildman–Crippen LogP) is 0.937. The van der Waals surface area contributed by atoms with Crippen molar-refractivity contribution < 1.29 is 28.2 Å². The molecule has 3 atom stereocenters. The van der Waals surface area contributed by atoms with Crippen molar-refractivity contribution in [2.45, 2.75) is 65.0 Å². The van der Waals surface area contributed by atoms with Crippen molar-refractivity contribution in [1.82, 2.24) is 15.4 Å². The van der Waals surface area contributed by atoms with E-state index in [0.29, 0.717) is 12.0 Å². The maximum absolute atomic E-state index is 12.7. The van der Waals surface area contributed by atoms with Gasteiger partial charge in [0.05, 0.1) is 6.04 Å². The van der Waals surface area contributed by atoms with Crippen LogP contribution in [0, 0.1) is 5.92 Å². The Hall–Kier alpha value is -3.08. The van der Waals surface area contributed by atoms with E-state index in [-0.39, 0.29) is 18.3 Å². The van der Waals surface area contributed by atoms with Crippen molar-refractivity contribution in [1.29, 1.82) is 0 Å².